The number of methoxy groups -OCH3 is 1. The molecule has 2 rings (SSSR count). The van der Waals surface area contributed by atoms with Crippen molar-refractivity contribution in [2.45, 2.75) is 33.2 Å². The first kappa shape index (κ1) is 21.7. The van der Waals surface area contributed by atoms with Crippen molar-refractivity contribution >= 4 is 5.96 Å². The van der Waals surface area contributed by atoms with Crippen molar-refractivity contribution in [3.63, 3.8) is 0 Å². The first-order valence-electron chi connectivity index (χ1n) is 9.80. The monoisotopic (exact) mass is 388 g/mol. The SMILES string of the molecule is CCc1nncn1CCNC(=NCCCOC)NCCOc1ccc(C)cc1. The van der Waals surface area contributed by atoms with E-state index in [-0.39, 0.29) is 0 Å². The number of hydrogen-bond donors (Lipinski definition) is 2. The van der Waals surface area contributed by atoms with Crippen molar-refractivity contribution in [1.29, 1.82) is 0 Å². The molecule has 154 valence electrons. The average Bonchev–Trinajstić information content (AvgIpc) is 3.17. The van der Waals surface area contributed by atoms with Gasteiger partial charge in [0.2, 0.25) is 0 Å². The van der Waals surface area contributed by atoms with Gasteiger partial charge in [-0.05, 0) is 25.5 Å². The van der Waals surface area contributed by atoms with Crippen LogP contribution in [-0.2, 0) is 17.7 Å². The Kier molecular flexibility index (Phi) is 9.85. The Labute approximate surface area is 167 Å². The maximum absolute atomic E-state index is 5.76. The lowest BCUT2D eigenvalue weighted by Crippen LogP contribution is -2.41. The van der Waals surface area contributed by atoms with E-state index >= 15 is 0 Å². The first-order valence-corrected chi connectivity index (χ1v) is 9.80. The molecule has 0 atom stereocenters. The van der Waals surface area contributed by atoms with E-state index in [1.54, 1.807) is 13.4 Å². The molecule has 0 aliphatic rings. The zero-order valence-electron chi connectivity index (χ0n) is 17.1. The predicted octanol–water partition coefficient (Wildman–Crippen LogP) is 1.80. The summed E-state index contributed by atoms with van der Waals surface area (Å²) >= 11 is 0. The molecule has 2 N–H and O–H groups in total. The van der Waals surface area contributed by atoms with E-state index in [1.807, 2.05) is 24.3 Å². The number of guanidine groups is 1. The number of benzene rings is 1. The van der Waals surface area contributed by atoms with Crippen LogP contribution >= 0.6 is 0 Å². The number of hydrogen-bond acceptors (Lipinski definition) is 5. The topological polar surface area (TPSA) is 85.6 Å². The molecule has 0 radical (unpaired) electrons. The number of ether oxygens (including phenoxy) is 2. The van der Waals surface area contributed by atoms with Gasteiger partial charge in [-0.3, -0.25) is 4.99 Å². The minimum atomic E-state index is 0.563. The summed E-state index contributed by atoms with van der Waals surface area (Å²) in [7, 11) is 1.70. The molecule has 2 aromatic rings. The average molecular weight is 389 g/mol. The minimum absolute atomic E-state index is 0.563. The standard InChI is InChI=1S/C20H32N6O2/c1-4-19-25-24-16-26(19)13-11-22-20(21-10-5-14-27-3)23-12-15-28-18-8-6-17(2)7-9-18/h6-9,16H,4-5,10-15H2,1-3H3,(H2,21,22,23). The molecule has 0 fully saturated rings. The summed E-state index contributed by atoms with van der Waals surface area (Å²) in [6, 6.07) is 8.06. The first-order chi connectivity index (χ1) is 13.7. The van der Waals surface area contributed by atoms with Crippen LogP contribution in [0.3, 0.4) is 0 Å². The number of nitrogens with one attached hydrogen (secondary N) is 2. The van der Waals surface area contributed by atoms with Crippen LogP contribution in [0, 0.1) is 6.92 Å². The molecule has 0 spiro atoms. The number of aromatic nitrogens is 3. The van der Waals surface area contributed by atoms with Crippen molar-refractivity contribution < 1.29 is 9.47 Å². The second-order valence-corrected chi connectivity index (χ2v) is 6.39. The van der Waals surface area contributed by atoms with E-state index in [4.69, 9.17) is 9.47 Å². The Morgan fingerprint density at radius 2 is 1.93 bits per heavy atom. The fourth-order valence-electron chi connectivity index (χ4n) is 2.58. The highest BCUT2D eigenvalue weighted by molar-refractivity contribution is 5.79. The molecule has 0 amide bonds. The van der Waals surface area contributed by atoms with Crippen molar-refractivity contribution in [3.8, 4) is 5.75 Å². The fourth-order valence-corrected chi connectivity index (χ4v) is 2.58. The maximum atomic E-state index is 5.76. The lowest BCUT2D eigenvalue weighted by molar-refractivity contribution is 0.197. The highest BCUT2D eigenvalue weighted by Crippen LogP contribution is 2.10. The van der Waals surface area contributed by atoms with Gasteiger partial charge in [0.1, 0.15) is 24.5 Å². The molecule has 1 aromatic carbocycles. The third-order valence-corrected chi connectivity index (χ3v) is 4.12. The summed E-state index contributed by atoms with van der Waals surface area (Å²) in [4.78, 5) is 4.60. The molecule has 8 heteroatoms. The summed E-state index contributed by atoms with van der Waals surface area (Å²) in [5, 5.41) is 14.7. The molecule has 0 unspecified atom stereocenters. The highest BCUT2D eigenvalue weighted by atomic mass is 16.5. The zero-order chi connectivity index (χ0) is 20.0. The van der Waals surface area contributed by atoms with Crippen LogP contribution in [0.5, 0.6) is 5.75 Å². The van der Waals surface area contributed by atoms with E-state index in [9.17, 15) is 0 Å². The lowest BCUT2D eigenvalue weighted by Gasteiger charge is -2.14. The Morgan fingerprint density at radius 3 is 2.68 bits per heavy atom. The van der Waals surface area contributed by atoms with Gasteiger partial charge >= 0.3 is 0 Å². The van der Waals surface area contributed by atoms with Crippen LogP contribution in [0.1, 0.15) is 24.7 Å². The van der Waals surface area contributed by atoms with Gasteiger partial charge in [0, 0.05) is 39.8 Å². The number of aliphatic imine (C=N–C) groups is 1. The van der Waals surface area contributed by atoms with E-state index in [0.717, 1.165) is 43.5 Å². The summed E-state index contributed by atoms with van der Waals surface area (Å²) in [5.74, 6) is 2.63. The van der Waals surface area contributed by atoms with Crippen molar-refractivity contribution in [2.24, 2.45) is 4.99 Å². The van der Waals surface area contributed by atoms with Gasteiger partial charge in [-0.15, -0.1) is 10.2 Å². The molecular weight excluding hydrogens is 356 g/mol. The molecule has 0 aliphatic heterocycles. The van der Waals surface area contributed by atoms with Gasteiger partial charge in [0.05, 0.1) is 6.54 Å². The summed E-state index contributed by atoms with van der Waals surface area (Å²) in [5.41, 5.74) is 1.22. The van der Waals surface area contributed by atoms with E-state index < -0.39 is 0 Å². The molecule has 0 bridgehead atoms. The van der Waals surface area contributed by atoms with Gasteiger partial charge in [0.25, 0.3) is 0 Å². The summed E-state index contributed by atoms with van der Waals surface area (Å²) < 4.78 is 12.9. The quantitative estimate of drug-likeness (QED) is 0.328. The smallest absolute Gasteiger partial charge is 0.191 e. The maximum Gasteiger partial charge on any atom is 0.191 e. The van der Waals surface area contributed by atoms with Crippen molar-refractivity contribution in [2.75, 3.05) is 40.0 Å². The third-order valence-electron chi connectivity index (χ3n) is 4.12. The van der Waals surface area contributed by atoms with Gasteiger partial charge in [-0.1, -0.05) is 24.6 Å². The minimum Gasteiger partial charge on any atom is -0.492 e. The lowest BCUT2D eigenvalue weighted by atomic mass is 10.2. The molecule has 1 heterocycles. The molecule has 0 saturated heterocycles. The third kappa shape index (κ3) is 7.96. The normalized spacial score (nSPS) is 11.5. The molecule has 8 nitrogen and oxygen atoms in total. The summed E-state index contributed by atoms with van der Waals surface area (Å²) in [6.45, 7) is 8.29. The Morgan fingerprint density at radius 1 is 1.14 bits per heavy atom. The van der Waals surface area contributed by atoms with E-state index in [0.29, 0.717) is 26.3 Å². The van der Waals surface area contributed by atoms with Gasteiger partial charge in [0.15, 0.2) is 5.96 Å². The number of aryl methyl sites for hydroxylation is 2. The van der Waals surface area contributed by atoms with Crippen LogP contribution in [0.25, 0.3) is 0 Å². The molecule has 1 aromatic heterocycles. The summed E-state index contributed by atoms with van der Waals surface area (Å²) in [6.07, 6.45) is 3.51. The van der Waals surface area contributed by atoms with Gasteiger partial charge in [-0.2, -0.15) is 0 Å². The van der Waals surface area contributed by atoms with E-state index in [1.165, 1.54) is 5.56 Å². The Bertz CT molecular complexity index is 699. The number of nitrogens with zero attached hydrogens (tertiary/aromatic N) is 4. The highest BCUT2D eigenvalue weighted by Gasteiger charge is 2.03. The van der Waals surface area contributed by atoms with Crippen LogP contribution in [0.2, 0.25) is 0 Å². The molecule has 28 heavy (non-hydrogen) atoms. The van der Waals surface area contributed by atoms with Crippen molar-refractivity contribution in [3.05, 3.63) is 42.0 Å². The van der Waals surface area contributed by atoms with E-state index in [2.05, 4.69) is 44.2 Å². The van der Waals surface area contributed by atoms with Crippen LogP contribution < -0.4 is 15.4 Å². The van der Waals surface area contributed by atoms with Gasteiger partial charge < -0.3 is 24.7 Å². The van der Waals surface area contributed by atoms with Crippen molar-refractivity contribution in [1.82, 2.24) is 25.4 Å². The second-order valence-electron chi connectivity index (χ2n) is 6.39. The largest absolute Gasteiger partial charge is 0.492 e. The second kappa shape index (κ2) is 12.7. The van der Waals surface area contributed by atoms with Gasteiger partial charge in [-0.25, -0.2) is 0 Å². The van der Waals surface area contributed by atoms with Crippen LogP contribution in [-0.4, -0.2) is 60.7 Å². The van der Waals surface area contributed by atoms with Crippen LogP contribution in [0.15, 0.2) is 35.6 Å². The Hall–Kier alpha value is -2.61. The molecule has 0 saturated carbocycles. The fraction of sp³-hybridized carbons (Fsp3) is 0.550. The van der Waals surface area contributed by atoms with Crippen LogP contribution in [0.4, 0.5) is 0 Å². The Balaban J connectivity index is 1.76. The number of rotatable bonds is 12. The zero-order valence-corrected chi connectivity index (χ0v) is 17.1. The predicted molar refractivity (Wildman–Crippen MR) is 111 cm³/mol. The molecular formula is C20H32N6O2. The molecule has 0 aliphatic carbocycles.